The van der Waals surface area contributed by atoms with Gasteiger partial charge < -0.3 is 9.73 Å². The summed E-state index contributed by atoms with van der Waals surface area (Å²) in [6.07, 6.45) is 2.81. The van der Waals surface area contributed by atoms with Crippen LogP contribution in [0.25, 0.3) is 6.08 Å². The van der Waals surface area contributed by atoms with Gasteiger partial charge >= 0.3 is 0 Å². The van der Waals surface area contributed by atoms with Gasteiger partial charge in [0.25, 0.3) is 0 Å². The third-order valence-electron chi connectivity index (χ3n) is 4.04. The minimum absolute atomic E-state index is 0.00761. The molecule has 2 aromatic carbocycles. The molecule has 156 valence electrons. The molecule has 1 aromatic heterocycles. The number of rotatable bonds is 8. The molecule has 3 rings (SSSR count). The Balaban J connectivity index is 1.52. The summed E-state index contributed by atoms with van der Waals surface area (Å²) in [4.78, 5) is 12.2. The van der Waals surface area contributed by atoms with E-state index < -0.39 is 10.0 Å². The van der Waals surface area contributed by atoms with E-state index in [1.807, 2.05) is 0 Å². The minimum atomic E-state index is -3.63. The number of sulfonamides is 1. The van der Waals surface area contributed by atoms with Gasteiger partial charge in [-0.25, -0.2) is 13.1 Å². The zero-order valence-electron chi connectivity index (χ0n) is 15.6. The van der Waals surface area contributed by atoms with Gasteiger partial charge in [-0.3, -0.25) is 4.79 Å². The maximum absolute atomic E-state index is 12.2. The lowest BCUT2D eigenvalue weighted by Gasteiger charge is -2.05. The van der Waals surface area contributed by atoms with Gasteiger partial charge in [-0.05, 0) is 48.0 Å². The van der Waals surface area contributed by atoms with Crippen LogP contribution >= 0.6 is 23.2 Å². The van der Waals surface area contributed by atoms with E-state index in [-0.39, 0.29) is 23.9 Å². The Labute approximate surface area is 184 Å². The molecule has 0 fully saturated rings. The van der Waals surface area contributed by atoms with Gasteiger partial charge in [-0.1, -0.05) is 47.5 Å². The third-order valence-corrected chi connectivity index (χ3v) is 6.04. The van der Waals surface area contributed by atoms with Gasteiger partial charge in [0.15, 0.2) is 0 Å². The monoisotopic (exact) mass is 464 g/mol. The summed E-state index contributed by atoms with van der Waals surface area (Å²) in [6.45, 7) is 0.246. The molecule has 0 saturated carbocycles. The van der Waals surface area contributed by atoms with Crippen LogP contribution in [-0.4, -0.2) is 14.3 Å². The molecular formula is C21H18Cl2N2O4S. The van der Waals surface area contributed by atoms with Crippen molar-refractivity contribution in [3.05, 3.63) is 93.9 Å². The summed E-state index contributed by atoms with van der Waals surface area (Å²) in [5.74, 6) is 0.509. The SMILES string of the molecule is O=C(/C=C/c1ccc(CNS(=O)(=O)c2ccccc2)o1)NCc1ccc(Cl)cc1Cl. The summed E-state index contributed by atoms with van der Waals surface area (Å²) >= 11 is 11.9. The maximum atomic E-state index is 12.2. The topological polar surface area (TPSA) is 88.4 Å². The lowest BCUT2D eigenvalue weighted by atomic mass is 10.2. The first-order chi connectivity index (χ1) is 14.3. The number of nitrogens with one attached hydrogen (secondary N) is 2. The van der Waals surface area contributed by atoms with Crippen LogP contribution in [0.15, 0.2) is 76.1 Å². The fraction of sp³-hybridized carbons (Fsp3) is 0.0952. The first-order valence-electron chi connectivity index (χ1n) is 8.87. The van der Waals surface area contributed by atoms with E-state index in [0.717, 1.165) is 5.56 Å². The Morgan fingerprint density at radius 1 is 1.00 bits per heavy atom. The highest BCUT2D eigenvalue weighted by atomic mass is 35.5. The summed E-state index contributed by atoms with van der Waals surface area (Å²) < 4.78 is 32.4. The number of carbonyl (C=O) groups is 1. The zero-order chi connectivity index (χ0) is 21.6. The predicted molar refractivity (Wildman–Crippen MR) is 117 cm³/mol. The van der Waals surface area contributed by atoms with Gasteiger partial charge in [0.2, 0.25) is 15.9 Å². The van der Waals surface area contributed by atoms with Crippen molar-refractivity contribution in [3.8, 4) is 0 Å². The quantitative estimate of drug-likeness (QED) is 0.483. The molecule has 3 aromatic rings. The van der Waals surface area contributed by atoms with Crippen LogP contribution in [0, 0.1) is 0 Å². The van der Waals surface area contributed by atoms with Gasteiger partial charge in [0.1, 0.15) is 11.5 Å². The molecule has 1 heterocycles. The number of benzene rings is 2. The van der Waals surface area contributed by atoms with Crippen molar-refractivity contribution in [3.63, 3.8) is 0 Å². The molecule has 0 saturated heterocycles. The second-order valence-electron chi connectivity index (χ2n) is 6.23. The average Bonchev–Trinajstić information content (AvgIpc) is 3.19. The Morgan fingerprint density at radius 3 is 2.50 bits per heavy atom. The molecule has 30 heavy (non-hydrogen) atoms. The number of carbonyl (C=O) groups excluding carboxylic acids is 1. The van der Waals surface area contributed by atoms with Crippen LogP contribution in [-0.2, 0) is 27.9 Å². The van der Waals surface area contributed by atoms with Crippen molar-refractivity contribution in [2.24, 2.45) is 0 Å². The van der Waals surface area contributed by atoms with Crippen LogP contribution < -0.4 is 10.0 Å². The van der Waals surface area contributed by atoms with Crippen molar-refractivity contribution in [2.75, 3.05) is 0 Å². The standard InChI is InChI=1S/C21H18Cl2N2O4S/c22-16-7-6-15(20(23)12-16)13-24-21(26)11-10-17-8-9-18(29-17)14-25-30(27,28)19-4-2-1-3-5-19/h1-12,25H,13-14H2,(H,24,26)/b11-10+. The number of halogens is 2. The Bertz CT molecular complexity index is 1160. The van der Waals surface area contributed by atoms with Crippen molar-refractivity contribution in [1.82, 2.24) is 10.0 Å². The molecule has 0 unspecified atom stereocenters. The van der Waals surface area contributed by atoms with Gasteiger partial charge in [0.05, 0.1) is 11.4 Å². The number of amides is 1. The molecule has 0 aliphatic rings. The first kappa shape index (κ1) is 22.1. The van der Waals surface area contributed by atoms with Gasteiger partial charge in [0, 0.05) is 22.7 Å². The van der Waals surface area contributed by atoms with Gasteiger partial charge in [-0.2, -0.15) is 0 Å². The van der Waals surface area contributed by atoms with Crippen molar-refractivity contribution in [2.45, 2.75) is 18.0 Å². The molecule has 0 radical (unpaired) electrons. The zero-order valence-corrected chi connectivity index (χ0v) is 18.0. The summed E-state index contributed by atoms with van der Waals surface area (Å²) in [5, 5.41) is 3.71. The van der Waals surface area contributed by atoms with E-state index >= 15 is 0 Å². The van der Waals surface area contributed by atoms with Crippen LogP contribution in [0.5, 0.6) is 0 Å². The lowest BCUT2D eigenvalue weighted by molar-refractivity contribution is -0.116. The fourth-order valence-electron chi connectivity index (χ4n) is 2.49. The summed E-state index contributed by atoms with van der Waals surface area (Å²) in [7, 11) is -3.63. The average molecular weight is 465 g/mol. The summed E-state index contributed by atoms with van der Waals surface area (Å²) in [6, 6.07) is 16.4. The first-order valence-corrected chi connectivity index (χ1v) is 11.1. The summed E-state index contributed by atoms with van der Waals surface area (Å²) in [5.41, 5.74) is 0.744. The predicted octanol–water partition coefficient (Wildman–Crippen LogP) is 4.39. The molecule has 9 heteroatoms. The van der Waals surface area contributed by atoms with E-state index in [4.69, 9.17) is 27.6 Å². The Hall–Kier alpha value is -2.58. The lowest BCUT2D eigenvalue weighted by Crippen LogP contribution is -2.22. The van der Waals surface area contributed by atoms with Crippen molar-refractivity contribution in [1.29, 1.82) is 0 Å². The molecule has 1 amide bonds. The highest BCUT2D eigenvalue weighted by Crippen LogP contribution is 2.20. The van der Waals surface area contributed by atoms with Crippen LogP contribution in [0.4, 0.5) is 0 Å². The van der Waals surface area contributed by atoms with Crippen LogP contribution in [0.1, 0.15) is 17.1 Å². The molecule has 0 bridgehead atoms. The van der Waals surface area contributed by atoms with E-state index in [0.29, 0.717) is 21.6 Å². The minimum Gasteiger partial charge on any atom is -0.460 e. The van der Waals surface area contributed by atoms with Gasteiger partial charge in [-0.15, -0.1) is 0 Å². The van der Waals surface area contributed by atoms with Crippen molar-refractivity contribution < 1.29 is 17.6 Å². The molecule has 0 aliphatic heterocycles. The number of hydrogen-bond acceptors (Lipinski definition) is 4. The smallest absolute Gasteiger partial charge is 0.244 e. The Kier molecular flexibility index (Phi) is 7.33. The Morgan fingerprint density at radius 2 is 1.77 bits per heavy atom. The maximum Gasteiger partial charge on any atom is 0.244 e. The highest BCUT2D eigenvalue weighted by Gasteiger charge is 2.13. The molecule has 0 aliphatic carbocycles. The molecule has 2 N–H and O–H groups in total. The van der Waals surface area contributed by atoms with Crippen molar-refractivity contribution >= 4 is 45.2 Å². The largest absolute Gasteiger partial charge is 0.460 e. The second kappa shape index (κ2) is 9.95. The number of furan rings is 1. The van der Waals surface area contributed by atoms with Crippen LogP contribution in [0.2, 0.25) is 10.0 Å². The molecule has 0 spiro atoms. The van der Waals surface area contributed by atoms with Crippen LogP contribution in [0.3, 0.4) is 0 Å². The fourth-order valence-corrected chi connectivity index (χ4v) is 3.98. The van der Waals surface area contributed by atoms with E-state index in [2.05, 4.69) is 10.0 Å². The third kappa shape index (κ3) is 6.21. The normalized spacial score (nSPS) is 11.7. The van der Waals surface area contributed by atoms with E-state index in [1.54, 1.807) is 48.5 Å². The molecule has 0 atom stereocenters. The van der Waals surface area contributed by atoms with E-state index in [9.17, 15) is 13.2 Å². The number of hydrogen-bond donors (Lipinski definition) is 2. The second-order valence-corrected chi connectivity index (χ2v) is 8.84. The van der Waals surface area contributed by atoms with E-state index in [1.165, 1.54) is 24.3 Å². The molecule has 6 nitrogen and oxygen atoms in total. The highest BCUT2D eigenvalue weighted by molar-refractivity contribution is 7.89. The molecular weight excluding hydrogens is 447 g/mol.